The van der Waals surface area contributed by atoms with Crippen molar-refractivity contribution in [2.24, 2.45) is 5.92 Å². The number of likely N-dealkylation sites (tertiary alicyclic amines) is 1. The fraction of sp³-hybridized carbons (Fsp3) is 0.412. The first-order chi connectivity index (χ1) is 11.6. The van der Waals surface area contributed by atoms with Gasteiger partial charge >= 0.3 is 12.0 Å². The number of nitrogens with zero attached hydrogens (tertiary/aromatic N) is 1. The molecule has 0 spiro atoms. The van der Waals surface area contributed by atoms with Crippen molar-refractivity contribution in [1.29, 1.82) is 0 Å². The smallest absolute Gasteiger partial charge is 0.317 e. The van der Waals surface area contributed by atoms with E-state index < -0.39 is 5.97 Å². The van der Waals surface area contributed by atoms with Crippen LogP contribution in [-0.4, -0.2) is 42.2 Å². The molecule has 0 radical (unpaired) electrons. The highest BCUT2D eigenvalue weighted by atomic mass is 16.5. The fourth-order valence-corrected chi connectivity index (χ4v) is 3.01. The normalized spacial score (nSPS) is 15.5. The van der Waals surface area contributed by atoms with Crippen LogP contribution in [0.15, 0.2) is 28.7 Å². The number of hydrogen-bond donors (Lipinski definition) is 2. The summed E-state index contributed by atoms with van der Waals surface area (Å²) < 4.78 is 11.1. The molecule has 0 atom stereocenters. The summed E-state index contributed by atoms with van der Waals surface area (Å²) in [6.45, 7) is 1.11. The summed E-state index contributed by atoms with van der Waals surface area (Å²) in [4.78, 5) is 24.8. The monoisotopic (exact) mass is 332 g/mol. The van der Waals surface area contributed by atoms with Crippen LogP contribution in [0.1, 0.15) is 18.6 Å². The van der Waals surface area contributed by atoms with Crippen molar-refractivity contribution >= 4 is 23.0 Å². The minimum atomic E-state index is -0.790. The first-order valence-electron chi connectivity index (χ1n) is 7.90. The third kappa shape index (κ3) is 3.15. The van der Waals surface area contributed by atoms with Gasteiger partial charge in [0.2, 0.25) is 0 Å². The molecule has 2 heterocycles. The summed E-state index contributed by atoms with van der Waals surface area (Å²) >= 11 is 0. The SMILES string of the molecule is COc1c(CNC(=O)N2CCC(C(=O)O)CC2)oc2ccccc12. The van der Waals surface area contributed by atoms with Gasteiger partial charge in [0.1, 0.15) is 5.58 Å². The maximum Gasteiger partial charge on any atom is 0.317 e. The average molecular weight is 332 g/mol. The van der Waals surface area contributed by atoms with Gasteiger partial charge in [0.05, 0.1) is 25.0 Å². The van der Waals surface area contributed by atoms with Crippen molar-refractivity contribution in [3.8, 4) is 5.75 Å². The number of carbonyl (C=O) groups is 2. The molecule has 7 nitrogen and oxygen atoms in total. The number of piperidine rings is 1. The lowest BCUT2D eigenvalue weighted by Gasteiger charge is -2.30. The van der Waals surface area contributed by atoms with E-state index in [1.807, 2.05) is 24.3 Å². The van der Waals surface area contributed by atoms with Crippen LogP contribution >= 0.6 is 0 Å². The number of carbonyl (C=O) groups excluding carboxylic acids is 1. The molecule has 1 fully saturated rings. The van der Waals surface area contributed by atoms with Crippen molar-refractivity contribution in [1.82, 2.24) is 10.2 Å². The largest absolute Gasteiger partial charge is 0.492 e. The zero-order chi connectivity index (χ0) is 17.1. The molecule has 7 heteroatoms. The number of ether oxygens (including phenoxy) is 1. The minimum Gasteiger partial charge on any atom is -0.492 e. The lowest BCUT2D eigenvalue weighted by atomic mass is 9.97. The maximum absolute atomic E-state index is 12.2. The van der Waals surface area contributed by atoms with Gasteiger partial charge < -0.3 is 24.5 Å². The van der Waals surface area contributed by atoms with E-state index >= 15 is 0 Å². The fourth-order valence-electron chi connectivity index (χ4n) is 3.01. The number of benzene rings is 1. The number of rotatable bonds is 4. The van der Waals surface area contributed by atoms with Gasteiger partial charge in [-0.1, -0.05) is 12.1 Å². The van der Waals surface area contributed by atoms with E-state index in [1.165, 1.54) is 0 Å². The van der Waals surface area contributed by atoms with Gasteiger partial charge in [0.15, 0.2) is 11.5 Å². The van der Waals surface area contributed by atoms with Gasteiger partial charge in [-0.05, 0) is 25.0 Å². The first kappa shape index (κ1) is 16.2. The van der Waals surface area contributed by atoms with Crippen LogP contribution in [-0.2, 0) is 11.3 Å². The Balaban J connectivity index is 1.62. The van der Waals surface area contributed by atoms with Crippen molar-refractivity contribution < 1.29 is 23.8 Å². The number of hydrogen-bond acceptors (Lipinski definition) is 4. The molecule has 0 saturated carbocycles. The molecule has 0 unspecified atom stereocenters. The van der Waals surface area contributed by atoms with E-state index in [9.17, 15) is 9.59 Å². The van der Waals surface area contributed by atoms with Gasteiger partial charge in [-0.2, -0.15) is 0 Å². The molecule has 1 aromatic carbocycles. The molecule has 2 aromatic rings. The summed E-state index contributed by atoms with van der Waals surface area (Å²) in [7, 11) is 1.57. The van der Waals surface area contributed by atoms with Crippen LogP contribution in [0.5, 0.6) is 5.75 Å². The molecule has 1 saturated heterocycles. The van der Waals surface area contributed by atoms with E-state index in [4.69, 9.17) is 14.3 Å². The number of carboxylic acid groups (broad SMARTS) is 1. The van der Waals surface area contributed by atoms with E-state index in [1.54, 1.807) is 12.0 Å². The molecule has 1 aliphatic rings. The third-order valence-electron chi connectivity index (χ3n) is 4.35. The number of fused-ring (bicyclic) bond motifs is 1. The Morgan fingerprint density at radius 1 is 1.33 bits per heavy atom. The minimum absolute atomic E-state index is 0.218. The molecule has 1 aromatic heterocycles. The van der Waals surface area contributed by atoms with Gasteiger partial charge in [0, 0.05) is 13.1 Å². The van der Waals surface area contributed by atoms with Crippen LogP contribution < -0.4 is 10.1 Å². The highest BCUT2D eigenvalue weighted by Gasteiger charge is 2.27. The summed E-state index contributed by atoms with van der Waals surface area (Å²) in [6, 6.07) is 7.30. The Hall–Kier alpha value is -2.70. The molecule has 24 heavy (non-hydrogen) atoms. The molecule has 128 valence electrons. The number of methoxy groups -OCH3 is 1. The summed E-state index contributed by atoms with van der Waals surface area (Å²) in [6.07, 6.45) is 0.966. The number of aliphatic carboxylic acids is 1. The Morgan fingerprint density at radius 3 is 2.71 bits per heavy atom. The number of nitrogens with one attached hydrogen (secondary N) is 1. The second-order valence-electron chi connectivity index (χ2n) is 5.81. The molecular weight excluding hydrogens is 312 g/mol. The Morgan fingerprint density at radius 2 is 2.04 bits per heavy atom. The lowest BCUT2D eigenvalue weighted by molar-refractivity contribution is -0.143. The zero-order valence-corrected chi connectivity index (χ0v) is 13.4. The Bertz CT molecular complexity index is 747. The second kappa shape index (κ2) is 6.82. The van der Waals surface area contributed by atoms with E-state index in [-0.39, 0.29) is 18.5 Å². The Labute approximate surface area is 139 Å². The highest BCUT2D eigenvalue weighted by molar-refractivity contribution is 5.85. The van der Waals surface area contributed by atoms with Crippen LogP contribution in [0.3, 0.4) is 0 Å². The van der Waals surface area contributed by atoms with Crippen molar-refractivity contribution in [2.75, 3.05) is 20.2 Å². The Kier molecular flexibility index (Phi) is 4.59. The molecule has 0 bridgehead atoms. The molecule has 2 N–H and O–H groups in total. The standard InChI is InChI=1S/C17H20N2O5/c1-23-15-12-4-2-3-5-13(12)24-14(15)10-18-17(22)19-8-6-11(7-9-19)16(20)21/h2-5,11H,6-10H2,1H3,(H,18,22)(H,20,21). The van der Waals surface area contributed by atoms with Gasteiger partial charge in [-0.15, -0.1) is 0 Å². The molecule has 1 aliphatic heterocycles. The van der Waals surface area contributed by atoms with Gasteiger partial charge in [-0.25, -0.2) is 4.79 Å². The van der Waals surface area contributed by atoms with E-state index in [0.717, 1.165) is 5.39 Å². The van der Waals surface area contributed by atoms with Crippen LogP contribution in [0.2, 0.25) is 0 Å². The zero-order valence-electron chi connectivity index (χ0n) is 13.4. The predicted molar refractivity (Wildman–Crippen MR) is 86.9 cm³/mol. The third-order valence-corrected chi connectivity index (χ3v) is 4.35. The predicted octanol–water partition coefficient (Wildman–Crippen LogP) is 2.45. The number of furan rings is 1. The number of carboxylic acids is 1. The number of amides is 2. The van der Waals surface area contributed by atoms with Crippen molar-refractivity contribution in [2.45, 2.75) is 19.4 Å². The molecule has 2 amide bonds. The second-order valence-corrected chi connectivity index (χ2v) is 5.81. The highest BCUT2D eigenvalue weighted by Crippen LogP contribution is 2.32. The summed E-state index contributed by atoms with van der Waals surface area (Å²) in [5.74, 6) is 0.0366. The number of urea groups is 1. The van der Waals surface area contributed by atoms with Crippen molar-refractivity contribution in [3.05, 3.63) is 30.0 Å². The summed E-state index contributed by atoms with van der Waals surface area (Å²) in [5, 5.41) is 12.7. The topological polar surface area (TPSA) is 92.0 Å². The van der Waals surface area contributed by atoms with Crippen LogP contribution in [0.4, 0.5) is 4.79 Å². The van der Waals surface area contributed by atoms with Crippen LogP contribution in [0, 0.1) is 5.92 Å². The lowest BCUT2D eigenvalue weighted by Crippen LogP contribution is -2.45. The molecule has 0 aliphatic carbocycles. The quantitative estimate of drug-likeness (QED) is 0.897. The van der Waals surface area contributed by atoms with E-state index in [2.05, 4.69) is 5.32 Å². The number of para-hydroxylation sites is 1. The van der Waals surface area contributed by atoms with Gasteiger partial charge in [0.25, 0.3) is 0 Å². The maximum atomic E-state index is 12.2. The molecular formula is C17H20N2O5. The first-order valence-corrected chi connectivity index (χ1v) is 7.90. The summed E-state index contributed by atoms with van der Waals surface area (Å²) in [5.41, 5.74) is 0.709. The van der Waals surface area contributed by atoms with E-state index in [0.29, 0.717) is 43.0 Å². The van der Waals surface area contributed by atoms with Gasteiger partial charge in [-0.3, -0.25) is 4.79 Å². The van der Waals surface area contributed by atoms with Crippen LogP contribution in [0.25, 0.3) is 11.0 Å². The molecule has 3 rings (SSSR count). The average Bonchev–Trinajstić information content (AvgIpc) is 2.97. The van der Waals surface area contributed by atoms with Crippen molar-refractivity contribution in [3.63, 3.8) is 0 Å².